The highest BCUT2D eigenvalue weighted by molar-refractivity contribution is 4.66. The Balaban J connectivity index is 1.91. The van der Waals surface area contributed by atoms with E-state index in [0.717, 1.165) is 5.92 Å². The van der Waals surface area contributed by atoms with Crippen molar-refractivity contribution in [3.63, 3.8) is 0 Å². The second kappa shape index (κ2) is 8.12. The van der Waals surface area contributed by atoms with Crippen molar-refractivity contribution in [2.24, 2.45) is 5.92 Å². The summed E-state index contributed by atoms with van der Waals surface area (Å²) < 4.78 is 0. The Labute approximate surface area is 95.4 Å². The maximum atomic E-state index is 3.58. The average molecular weight is 212 g/mol. The maximum Gasteiger partial charge on any atom is 0.0107 e. The van der Waals surface area contributed by atoms with Gasteiger partial charge in [-0.25, -0.2) is 0 Å². The van der Waals surface area contributed by atoms with Crippen molar-refractivity contribution in [2.45, 2.75) is 46.0 Å². The van der Waals surface area contributed by atoms with Crippen molar-refractivity contribution in [3.8, 4) is 0 Å². The van der Waals surface area contributed by atoms with Crippen LogP contribution in [0.4, 0.5) is 0 Å². The van der Waals surface area contributed by atoms with E-state index in [4.69, 9.17) is 0 Å². The SMILES string of the molecule is CCCC(C)CNCCN1CCCCC1. The van der Waals surface area contributed by atoms with Crippen LogP contribution in [-0.2, 0) is 0 Å². The van der Waals surface area contributed by atoms with Crippen molar-refractivity contribution >= 4 is 0 Å². The summed E-state index contributed by atoms with van der Waals surface area (Å²) in [5.41, 5.74) is 0. The van der Waals surface area contributed by atoms with Crippen molar-refractivity contribution in [1.29, 1.82) is 0 Å². The van der Waals surface area contributed by atoms with Crippen LogP contribution in [0, 0.1) is 5.92 Å². The lowest BCUT2D eigenvalue weighted by Crippen LogP contribution is -2.36. The van der Waals surface area contributed by atoms with Crippen LogP contribution >= 0.6 is 0 Å². The largest absolute Gasteiger partial charge is 0.315 e. The van der Waals surface area contributed by atoms with E-state index < -0.39 is 0 Å². The molecule has 1 atom stereocenters. The van der Waals surface area contributed by atoms with Gasteiger partial charge in [-0.1, -0.05) is 26.7 Å². The molecule has 1 unspecified atom stereocenters. The monoisotopic (exact) mass is 212 g/mol. The van der Waals surface area contributed by atoms with E-state index >= 15 is 0 Å². The highest BCUT2D eigenvalue weighted by Crippen LogP contribution is 2.07. The second-order valence-corrected chi connectivity index (χ2v) is 5.00. The first-order valence-electron chi connectivity index (χ1n) is 6.76. The maximum absolute atomic E-state index is 3.58. The van der Waals surface area contributed by atoms with Gasteiger partial charge in [0.1, 0.15) is 0 Å². The molecule has 15 heavy (non-hydrogen) atoms. The Bertz CT molecular complexity index is 141. The van der Waals surface area contributed by atoms with Crippen LogP contribution in [-0.4, -0.2) is 37.6 Å². The fraction of sp³-hybridized carbons (Fsp3) is 1.00. The Hall–Kier alpha value is -0.0800. The summed E-state index contributed by atoms with van der Waals surface area (Å²) >= 11 is 0. The normalized spacial score (nSPS) is 20.4. The third-order valence-corrected chi connectivity index (χ3v) is 3.33. The molecule has 0 aromatic heterocycles. The van der Waals surface area contributed by atoms with E-state index in [9.17, 15) is 0 Å². The molecule has 0 radical (unpaired) electrons. The van der Waals surface area contributed by atoms with Crippen LogP contribution in [0.3, 0.4) is 0 Å². The molecule has 0 aliphatic carbocycles. The predicted octanol–water partition coefficient (Wildman–Crippen LogP) is 2.50. The zero-order chi connectivity index (χ0) is 10.9. The summed E-state index contributed by atoms with van der Waals surface area (Å²) in [7, 11) is 0. The van der Waals surface area contributed by atoms with Crippen molar-refractivity contribution < 1.29 is 0 Å². The summed E-state index contributed by atoms with van der Waals surface area (Å²) in [5.74, 6) is 0.844. The molecule has 2 nitrogen and oxygen atoms in total. The molecule has 1 heterocycles. The van der Waals surface area contributed by atoms with Gasteiger partial charge in [-0.3, -0.25) is 0 Å². The second-order valence-electron chi connectivity index (χ2n) is 5.00. The molecule has 0 saturated carbocycles. The highest BCUT2D eigenvalue weighted by Gasteiger charge is 2.08. The van der Waals surface area contributed by atoms with E-state index in [1.807, 2.05) is 0 Å². The number of nitrogens with one attached hydrogen (secondary N) is 1. The molecule has 1 fully saturated rings. The molecule has 1 aliphatic rings. The zero-order valence-corrected chi connectivity index (χ0v) is 10.6. The summed E-state index contributed by atoms with van der Waals surface area (Å²) in [6, 6.07) is 0. The van der Waals surface area contributed by atoms with Crippen LogP contribution in [0.25, 0.3) is 0 Å². The van der Waals surface area contributed by atoms with E-state index in [1.165, 1.54) is 64.8 Å². The number of piperidine rings is 1. The molecule has 0 aromatic rings. The van der Waals surface area contributed by atoms with Crippen LogP contribution in [0.1, 0.15) is 46.0 Å². The van der Waals surface area contributed by atoms with Crippen molar-refractivity contribution in [1.82, 2.24) is 10.2 Å². The van der Waals surface area contributed by atoms with Gasteiger partial charge in [0.25, 0.3) is 0 Å². The molecule has 0 amide bonds. The Kier molecular flexibility index (Phi) is 7.03. The summed E-state index contributed by atoms with van der Waals surface area (Å²) in [6.07, 6.45) is 6.93. The summed E-state index contributed by atoms with van der Waals surface area (Å²) in [4.78, 5) is 2.60. The molecule has 1 N–H and O–H groups in total. The van der Waals surface area contributed by atoms with Gasteiger partial charge >= 0.3 is 0 Å². The molecular formula is C13H28N2. The molecule has 0 aromatic carbocycles. The smallest absolute Gasteiger partial charge is 0.0107 e. The molecule has 90 valence electrons. The quantitative estimate of drug-likeness (QED) is 0.652. The number of hydrogen-bond donors (Lipinski definition) is 1. The minimum Gasteiger partial charge on any atom is -0.315 e. The fourth-order valence-corrected chi connectivity index (χ4v) is 2.36. The molecule has 1 aliphatic heterocycles. The third-order valence-electron chi connectivity index (χ3n) is 3.33. The van der Waals surface area contributed by atoms with Crippen LogP contribution in [0.15, 0.2) is 0 Å². The minimum atomic E-state index is 0.844. The van der Waals surface area contributed by atoms with Crippen molar-refractivity contribution in [2.75, 3.05) is 32.7 Å². The van der Waals surface area contributed by atoms with E-state index in [2.05, 4.69) is 24.1 Å². The van der Waals surface area contributed by atoms with Gasteiger partial charge in [-0.2, -0.15) is 0 Å². The van der Waals surface area contributed by atoms with E-state index in [1.54, 1.807) is 0 Å². The number of rotatable bonds is 7. The third kappa shape index (κ3) is 6.16. The fourth-order valence-electron chi connectivity index (χ4n) is 2.36. The Morgan fingerprint density at radius 3 is 2.60 bits per heavy atom. The number of likely N-dealkylation sites (tertiary alicyclic amines) is 1. The van der Waals surface area contributed by atoms with E-state index in [-0.39, 0.29) is 0 Å². The zero-order valence-electron chi connectivity index (χ0n) is 10.6. The van der Waals surface area contributed by atoms with Crippen molar-refractivity contribution in [3.05, 3.63) is 0 Å². The number of nitrogens with zero attached hydrogens (tertiary/aromatic N) is 1. The molecule has 0 bridgehead atoms. The molecular weight excluding hydrogens is 184 g/mol. The molecule has 2 heteroatoms. The lowest BCUT2D eigenvalue weighted by molar-refractivity contribution is 0.228. The topological polar surface area (TPSA) is 15.3 Å². The van der Waals surface area contributed by atoms with Gasteiger partial charge in [-0.15, -0.1) is 0 Å². The number of hydrogen-bond acceptors (Lipinski definition) is 2. The van der Waals surface area contributed by atoms with Gasteiger partial charge in [0.15, 0.2) is 0 Å². The lowest BCUT2D eigenvalue weighted by Gasteiger charge is -2.26. The Morgan fingerprint density at radius 1 is 1.20 bits per heavy atom. The average Bonchev–Trinajstić information content (AvgIpc) is 2.26. The summed E-state index contributed by atoms with van der Waals surface area (Å²) in [5, 5.41) is 3.58. The standard InChI is InChI=1S/C13H28N2/c1-3-7-13(2)12-14-8-11-15-9-5-4-6-10-15/h13-14H,3-12H2,1-2H3. The molecule has 1 rings (SSSR count). The van der Waals surface area contributed by atoms with Crippen LogP contribution in [0.2, 0.25) is 0 Å². The first kappa shape index (κ1) is 13.0. The molecule has 0 spiro atoms. The molecule has 1 saturated heterocycles. The summed E-state index contributed by atoms with van der Waals surface area (Å²) in [6.45, 7) is 10.9. The lowest BCUT2D eigenvalue weighted by atomic mass is 10.1. The van der Waals surface area contributed by atoms with Gasteiger partial charge in [-0.05, 0) is 44.8 Å². The van der Waals surface area contributed by atoms with Gasteiger partial charge < -0.3 is 10.2 Å². The van der Waals surface area contributed by atoms with E-state index in [0.29, 0.717) is 0 Å². The van der Waals surface area contributed by atoms with Gasteiger partial charge in [0.05, 0.1) is 0 Å². The van der Waals surface area contributed by atoms with Gasteiger partial charge in [0.2, 0.25) is 0 Å². The first-order chi connectivity index (χ1) is 7.33. The predicted molar refractivity (Wildman–Crippen MR) is 67.2 cm³/mol. The first-order valence-corrected chi connectivity index (χ1v) is 6.76. The van der Waals surface area contributed by atoms with Crippen LogP contribution < -0.4 is 5.32 Å². The Morgan fingerprint density at radius 2 is 1.93 bits per heavy atom. The highest BCUT2D eigenvalue weighted by atomic mass is 15.1. The van der Waals surface area contributed by atoms with Crippen LogP contribution in [0.5, 0.6) is 0 Å². The van der Waals surface area contributed by atoms with Gasteiger partial charge in [0, 0.05) is 13.1 Å². The minimum absolute atomic E-state index is 0.844.